The Kier molecular flexibility index (Phi) is 10.3. The Morgan fingerprint density at radius 1 is 0.525 bits per heavy atom. The van der Waals surface area contributed by atoms with Gasteiger partial charge in [0, 0.05) is 0 Å². The molecule has 2 aliphatic rings. The van der Waals surface area contributed by atoms with Crippen LogP contribution in [0.15, 0.2) is 24.3 Å². The molecule has 0 unspecified atom stereocenters. The summed E-state index contributed by atoms with van der Waals surface area (Å²) in [6.45, 7) is 13.4. The highest BCUT2D eigenvalue weighted by Crippen LogP contribution is 2.44. The molecule has 2 saturated carbocycles. The van der Waals surface area contributed by atoms with Gasteiger partial charge in [-0.2, -0.15) is 0 Å². The molecule has 40 heavy (non-hydrogen) atoms. The van der Waals surface area contributed by atoms with Crippen molar-refractivity contribution < 1.29 is 10.2 Å². The van der Waals surface area contributed by atoms with E-state index in [4.69, 9.17) is 0 Å². The highest BCUT2D eigenvalue weighted by Gasteiger charge is 2.27. The quantitative estimate of drug-likeness (QED) is 0.307. The van der Waals surface area contributed by atoms with Gasteiger partial charge in [-0.25, -0.2) is 0 Å². The molecule has 0 bridgehead atoms. The Morgan fingerprint density at radius 2 is 0.875 bits per heavy atom. The predicted molar refractivity (Wildman–Crippen MR) is 171 cm³/mol. The third-order valence-corrected chi connectivity index (χ3v) is 9.79. The van der Waals surface area contributed by atoms with Crippen molar-refractivity contribution >= 4 is 0 Å². The number of rotatable bonds is 9. The first-order valence-electron chi connectivity index (χ1n) is 16.7. The van der Waals surface area contributed by atoms with Gasteiger partial charge in [0.25, 0.3) is 0 Å². The molecule has 0 spiro atoms. The van der Waals surface area contributed by atoms with Crippen LogP contribution in [0.3, 0.4) is 0 Å². The Labute approximate surface area is 246 Å². The Balaban J connectivity index is 1.37. The van der Waals surface area contributed by atoms with Crippen LogP contribution in [0.5, 0.6) is 11.5 Å². The number of phenols is 2. The second kappa shape index (κ2) is 13.3. The number of aromatic hydroxyl groups is 2. The first-order valence-corrected chi connectivity index (χ1v) is 16.7. The van der Waals surface area contributed by atoms with E-state index >= 15 is 0 Å². The maximum absolute atomic E-state index is 11.2. The van der Waals surface area contributed by atoms with Crippen molar-refractivity contribution in [2.24, 2.45) is 0 Å². The third-order valence-electron chi connectivity index (χ3n) is 9.79. The van der Waals surface area contributed by atoms with Gasteiger partial charge < -0.3 is 10.2 Å². The van der Waals surface area contributed by atoms with E-state index in [1.165, 1.54) is 112 Å². The first-order chi connectivity index (χ1) is 18.9. The molecule has 0 aliphatic heterocycles. The van der Waals surface area contributed by atoms with Crippen LogP contribution in [0, 0.1) is 0 Å². The molecule has 2 aliphatic carbocycles. The van der Waals surface area contributed by atoms with Crippen LogP contribution in [0.25, 0.3) is 0 Å². The summed E-state index contributed by atoms with van der Waals surface area (Å²) in [5, 5.41) is 22.4. The van der Waals surface area contributed by atoms with Gasteiger partial charge >= 0.3 is 0 Å². The van der Waals surface area contributed by atoms with Gasteiger partial charge in [-0.15, -0.1) is 0 Å². The van der Waals surface area contributed by atoms with E-state index in [2.05, 4.69) is 65.8 Å². The molecule has 2 aromatic rings. The summed E-state index contributed by atoms with van der Waals surface area (Å²) in [4.78, 5) is 0. The van der Waals surface area contributed by atoms with Crippen LogP contribution in [-0.4, -0.2) is 10.2 Å². The number of aryl methyl sites for hydroxylation is 2. The molecule has 2 aromatic carbocycles. The predicted octanol–water partition coefficient (Wildman–Crippen LogP) is 11.1. The van der Waals surface area contributed by atoms with E-state index < -0.39 is 0 Å². The Hall–Kier alpha value is -1.96. The lowest BCUT2D eigenvalue weighted by Crippen LogP contribution is -2.15. The Bertz CT molecular complexity index is 1010. The molecule has 0 atom stereocenters. The highest BCUT2D eigenvalue weighted by molar-refractivity contribution is 5.50. The minimum absolute atomic E-state index is 0.0456. The van der Waals surface area contributed by atoms with Gasteiger partial charge in [-0.1, -0.05) is 117 Å². The largest absolute Gasteiger partial charge is 0.507 e. The summed E-state index contributed by atoms with van der Waals surface area (Å²) >= 11 is 0. The summed E-state index contributed by atoms with van der Waals surface area (Å²) in [5.74, 6) is 2.19. The fourth-order valence-electron chi connectivity index (χ4n) is 7.33. The molecule has 2 nitrogen and oxygen atoms in total. The van der Waals surface area contributed by atoms with E-state index in [-0.39, 0.29) is 10.8 Å². The van der Waals surface area contributed by atoms with E-state index in [0.29, 0.717) is 23.3 Å². The summed E-state index contributed by atoms with van der Waals surface area (Å²) in [6.07, 6.45) is 19.8. The SMILES string of the molecule is CC(C)(C)c1cc(CCCCCCc2cc(C3CCCCC3)c(O)c(C(C)(C)C)c2)cc(C2CCCCC2)c1O. The summed E-state index contributed by atoms with van der Waals surface area (Å²) in [6, 6.07) is 9.27. The van der Waals surface area contributed by atoms with Gasteiger partial charge in [0.15, 0.2) is 0 Å². The zero-order valence-electron chi connectivity index (χ0n) is 26.7. The third kappa shape index (κ3) is 7.86. The molecule has 2 heteroatoms. The maximum Gasteiger partial charge on any atom is 0.122 e. The van der Waals surface area contributed by atoms with Crippen molar-refractivity contribution in [3.63, 3.8) is 0 Å². The second-order valence-corrected chi connectivity index (χ2v) is 15.2. The van der Waals surface area contributed by atoms with Gasteiger partial charge in [-0.3, -0.25) is 0 Å². The lowest BCUT2D eigenvalue weighted by Gasteiger charge is -2.28. The van der Waals surface area contributed by atoms with E-state index in [0.717, 1.165) is 24.0 Å². The number of benzene rings is 2. The van der Waals surface area contributed by atoms with Crippen LogP contribution in [0.2, 0.25) is 0 Å². The minimum Gasteiger partial charge on any atom is -0.507 e. The van der Waals surface area contributed by atoms with Crippen LogP contribution in [-0.2, 0) is 23.7 Å². The summed E-state index contributed by atoms with van der Waals surface area (Å²) < 4.78 is 0. The van der Waals surface area contributed by atoms with Crippen molar-refractivity contribution in [2.75, 3.05) is 0 Å². The number of hydrogen-bond acceptors (Lipinski definition) is 2. The van der Waals surface area contributed by atoms with Crippen LogP contribution in [0.1, 0.15) is 177 Å². The molecule has 2 fully saturated rings. The van der Waals surface area contributed by atoms with E-state index in [1.54, 1.807) is 0 Å². The molecule has 0 radical (unpaired) electrons. The van der Waals surface area contributed by atoms with Gasteiger partial charge in [0.05, 0.1) is 0 Å². The van der Waals surface area contributed by atoms with Crippen molar-refractivity contribution in [1.29, 1.82) is 0 Å². The highest BCUT2D eigenvalue weighted by atomic mass is 16.3. The average Bonchev–Trinajstić information content (AvgIpc) is 2.91. The molecule has 0 heterocycles. The van der Waals surface area contributed by atoms with Crippen molar-refractivity contribution in [3.8, 4) is 11.5 Å². The topological polar surface area (TPSA) is 40.5 Å². The molecule has 222 valence electrons. The summed E-state index contributed by atoms with van der Waals surface area (Å²) in [5.41, 5.74) is 7.42. The normalized spacial score (nSPS) is 17.9. The van der Waals surface area contributed by atoms with Gasteiger partial charge in [0.2, 0.25) is 0 Å². The van der Waals surface area contributed by atoms with Gasteiger partial charge in [-0.05, 0) is 107 Å². The Morgan fingerprint density at radius 3 is 1.20 bits per heavy atom. The monoisotopic (exact) mass is 546 g/mol. The molecule has 4 rings (SSSR count). The lowest BCUT2D eigenvalue weighted by molar-refractivity contribution is 0.402. The smallest absolute Gasteiger partial charge is 0.122 e. The molecule has 0 amide bonds. The average molecular weight is 547 g/mol. The van der Waals surface area contributed by atoms with Crippen molar-refractivity contribution in [3.05, 3.63) is 57.6 Å². The van der Waals surface area contributed by atoms with Crippen LogP contribution < -0.4 is 0 Å². The molecular formula is C38H58O2. The summed E-state index contributed by atoms with van der Waals surface area (Å²) in [7, 11) is 0. The van der Waals surface area contributed by atoms with Crippen molar-refractivity contribution in [1.82, 2.24) is 0 Å². The maximum atomic E-state index is 11.2. The zero-order chi connectivity index (χ0) is 28.9. The zero-order valence-corrected chi connectivity index (χ0v) is 26.7. The number of hydrogen-bond donors (Lipinski definition) is 2. The lowest BCUT2D eigenvalue weighted by atomic mass is 9.78. The minimum atomic E-state index is -0.0456. The fourth-order valence-corrected chi connectivity index (χ4v) is 7.33. The molecule has 2 N–H and O–H groups in total. The number of unbranched alkanes of at least 4 members (excludes halogenated alkanes) is 3. The molecule has 0 saturated heterocycles. The van der Waals surface area contributed by atoms with E-state index in [9.17, 15) is 10.2 Å². The molecule has 0 aromatic heterocycles. The first kappa shape index (κ1) is 31.0. The van der Waals surface area contributed by atoms with E-state index in [1.807, 2.05) is 0 Å². The van der Waals surface area contributed by atoms with Crippen LogP contribution in [0.4, 0.5) is 0 Å². The second-order valence-electron chi connectivity index (χ2n) is 15.2. The molecular weight excluding hydrogens is 488 g/mol. The van der Waals surface area contributed by atoms with Crippen molar-refractivity contribution in [2.45, 2.75) is 167 Å². The van der Waals surface area contributed by atoms with Gasteiger partial charge in [0.1, 0.15) is 11.5 Å². The number of phenolic OH excluding ortho intramolecular Hbond substituents is 2. The fraction of sp³-hybridized carbons (Fsp3) is 0.684. The van der Waals surface area contributed by atoms with Crippen LogP contribution >= 0.6 is 0 Å². The standard InChI is InChI=1S/C38H58O2/c1-37(2,3)33-25-27(23-31(35(33)39)29-19-13-9-14-20-29)17-11-7-8-12-18-28-24-32(30-21-15-10-16-22-30)36(40)34(26-28)38(4,5)6/h23-26,29-30,39-40H,7-22H2,1-6H3.